The van der Waals surface area contributed by atoms with E-state index in [1.165, 1.54) is 0 Å². The fourth-order valence-corrected chi connectivity index (χ4v) is 2.53. The van der Waals surface area contributed by atoms with Crippen molar-refractivity contribution in [2.75, 3.05) is 4.90 Å². The highest BCUT2D eigenvalue weighted by atomic mass is 16.2. The van der Waals surface area contributed by atoms with Gasteiger partial charge in [0.1, 0.15) is 0 Å². The maximum atomic E-state index is 12.3. The summed E-state index contributed by atoms with van der Waals surface area (Å²) in [4.78, 5) is 22.7. The summed E-state index contributed by atoms with van der Waals surface area (Å²) in [6, 6.07) is 13.4. The highest BCUT2D eigenvalue weighted by Crippen LogP contribution is 2.40. The lowest BCUT2D eigenvalue weighted by Crippen LogP contribution is -2.38. The molecule has 0 bridgehead atoms. The Morgan fingerprint density at radius 1 is 1.10 bits per heavy atom. The molecule has 1 aliphatic rings. The smallest absolute Gasteiger partial charge is 0.267 e. The number of hydrogen-bond donors (Lipinski definition) is 0. The average Bonchev–Trinajstić information content (AvgIpc) is 2.48. The molecule has 3 heterocycles. The number of carbonyl (C=O) groups excluding carboxylic acids is 1. The molecule has 96 valence electrons. The SMILES string of the molecule is Cc1ccccc1N1C(=O)c2cc3cccnc3nc21. The van der Waals surface area contributed by atoms with Crippen molar-refractivity contribution in [2.45, 2.75) is 6.92 Å². The molecule has 0 saturated carbocycles. The van der Waals surface area contributed by atoms with Gasteiger partial charge in [-0.2, -0.15) is 0 Å². The lowest BCUT2D eigenvalue weighted by molar-refractivity contribution is 0.0979. The number of hydrogen-bond acceptors (Lipinski definition) is 3. The van der Waals surface area contributed by atoms with E-state index >= 15 is 0 Å². The molecule has 2 aromatic heterocycles. The maximum absolute atomic E-state index is 12.3. The van der Waals surface area contributed by atoms with Crippen molar-refractivity contribution in [1.82, 2.24) is 9.97 Å². The summed E-state index contributed by atoms with van der Waals surface area (Å²) in [5, 5.41) is 0.893. The van der Waals surface area contributed by atoms with Crippen LogP contribution in [0, 0.1) is 6.92 Å². The Morgan fingerprint density at radius 2 is 1.95 bits per heavy atom. The van der Waals surface area contributed by atoms with Crippen LogP contribution in [0.2, 0.25) is 0 Å². The minimum Gasteiger partial charge on any atom is -0.268 e. The van der Waals surface area contributed by atoms with Crippen LogP contribution < -0.4 is 4.90 Å². The second-order valence-electron chi connectivity index (χ2n) is 4.84. The predicted octanol–water partition coefficient (Wildman–Crippen LogP) is 3.23. The summed E-state index contributed by atoms with van der Waals surface area (Å²) in [7, 11) is 0. The number of aromatic nitrogens is 2. The van der Waals surface area contributed by atoms with Gasteiger partial charge in [-0.05, 0) is 36.8 Å². The van der Waals surface area contributed by atoms with Crippen LogP contribution in [0.15, 0.2) is 48.7 Å². The highest BCUT2D eigenvalue weighted by molar-refractivity contribution is 6.24. The van der Waals surface area contributed by atoms with Crippen LogP contribution >= 0.6 is 0 Å². The number of fused-ring (bicyclic) bond motifs is 2. The number of amides is 1. The Hall–Kier alpha value is -2.75. The minimum atomic E-state index is -0.00690. The van der Waals surface area contributed by atoms with E-state index in [2.05, 4.69) is 9.97 Å². The molecule has 0 fully saturated rings. The zero-order valence-electron chi connectivity index (χ0n) is 10.9. The van der Waals surface area contributed by atoms with E-state index in [0.29, 0.717) is 17.0 Å². The molecular weight excluding hydrogens is 250 g/mol. The molecule has 1 aromatic carbocycles. The number of rotatable bonds is 1. The highest BCUT2D eigenvalue weighted by Gasteiger charge is 2.37. The fraction of sp³-hybridized carbons (Fsp3) is 0.0625. The van der Waals surface area contributed by atoms with Crippen molar-refractivity contribution in [3.05, 3.63) is 59.8 Å². The maximum Gasteiger partial charge on any atom is 0.267 e. The standard InChI is InChI=1S/C16H11N3O/c1-10-5-2-3-7-13(10)19-15-12(16(19)20)9-11-6-4-8-17-14(11)18-15/h2-9H,1H3. The number of benzene rings is 1. The number of pyridine rings is 2. The molecule has 0 spiro atoms. The zero-order valence-corrected chi connectivity index (χ0v) is 10.9. The van der Waals surface area contributed by atoms with Gasteiger partial charge in [-0.25, -0.2) is 9.97 Å². The van der Waals surface area contributed by atoms with Gasteiger partial charge in [-0.1, -0.05) is 18.2 Å². The van der Waals surface area contributed by atoms with E-state index in [4.69, 9.17) is 0 Å². The van der Waals surface area contributed by atoms with E-state index in [1.807, 2.05) is 49.4 Å². The number of nitrogens with zero attached hydrogens (tertiary/aromatic N) is 3. The molecule has 4 heteroatoms. The first-order chi connectivity index (χ1) is 9.75. The van der Waals surface area contributed by atoms with Crippen molar-refractivity contribution in [2.24, 2.45) is 0 Å². The predicted molar refractivity (Wildman–Crippen MR) is 77.2 cm³/mol. The first-order valence-corrected chi connectivity index (χ1v) is 6.41. The summed E-state index contributed by atoms with van der Waals surface area (Å²) in [6.07, 6.45) is 1.71. The van der Waals surface area contributed by atoms with Crippen molar-refractivity contribution in [3.8, 4) is 0 Å². The van der Waals surface area contributed by atoms with Crippen LogP contribution in [-0.2, 0) is 0 Å². The van der Waals surface area contributed by atoms with Gasteiger partial charge in [-0.15, -0.1) is 0 Å². The minimum absolute atomic E-state index is 0.00690. The summed E-state index contributed by atoms with van der Waals surface area (Å²) in [5.41, 5.74) is 3.26. The first kappa shape index (κ1) is 11.1. The van der Waals surface area contributed by atoms with Gasteiger partial charge in [-0.3, -0.25) is 9.69 Å². The Morgan fingerprint density at radius 3 is 2.80 bits per heavy atom. The summed E-state index contributed by atoms with van der Waals surface area (Å²) in [6.45, 7) is 1.99. The molecule has 4 nitrogen and oxygen atoms in total. The number of carbonyl (C=O) groups is 1. The van der Waals surface area contributed by atoms with Gasteiger partial charge in [0, 0.05) is 11.6 Å². The molecular formula is C16H11N3O. The van der Waals surface area contributed by atoms with Crippen molar-refractivity contribution in [1.29, 1.82) is 0 Å². The topological polar surface area (TPSA) is 46.1 Å². The van der Waals surface area contributed by atoms with Crippen molar-refractivity contribution < 1.29 is 4.79 Å². The monoisotopic (exact) mass is 261 g/mol. The largest absolute Gasteiger partial charge is 0.268 e. The van der Waals surface area contributed by atoms with E-state index in [1.54, 1.807) is 11.1 Å². The van der Waals surface area contributed by atoms with E-state index in [9.17, 15) is 4.79 Å². The zero-order chi connectivity index (χ0) is 13.7. The molecule has 1 aliphatic heterocycles. The van der Waals surface area contributed by atoms with Gasteiger partial charge in [0.15, 0.2) is 11.5 Å². The molecule has 0 radical (unpaired) electrons. The van der Waals surface area contributed by atoms with Crippen LogP contribution in [0.25, 0.3) is 11.0 Å². The number of anilines is 2. The lowest BCUT2D eigenvalue weighted by Gasteiger charge is -2.33. The van der Waals surface area contributed by atoms with E-state index in [0.717, 1.165) is 16.6 Å². The molecule has 1 amide bonds. The van der Waals surface area contributed by atoms with Gasteiger partial charge in [0.25, 0.3) is 5.91 Å². The quantitative estimate of drug-likeness (QED) is 0.675. The van der Waals surface area contributed by atoms with Crippen LogP contribution in [0.4, 0.5) is 11.5 Å². The van der Waals surface area contributed by atoms with Crippen LogP contribution in [0.3, 0.4) is 0 Å². The van der Waals surface area contributed by atoms with Crippen molar-refractivity contribution in [3.63, 3.8) is 0 Å². The molecule has 4 rings (SSSR count). The van der Waals surface area contributed by atoms with Crippen LogP contribution in [0.5, 0.6) is 0 Å². The molecule has 0 saturated heterocycles. The van der Waals surface area contributed by atoms with Gasteiger partial charge in [0.05, 0.1) is 11.3 Å². The van der Waals surface area contributed by atoms with Crippen LogP contribution in [0.1, 0.15) is 15.9 Å². The fourth-order valence-electron chi connectivity index (χ4n) is 2.53. The van der Waals surface area contributed by atoms with Gasteiger partial charge >= 0.3 is 0 Å². The van der Waals surface area contributed by atoms with Gasteiger partial charge < -0.3 is 0 Å². The van der Waals surface area contributed by atoms with Crippen molar-refractivity contribution >= 4 is 28.4 Å². The van der Waals surface area contributed by atoms with E-state index in [-0.39, 0.29) is 5.91 Å². The molecule has 0 N–H and O–H groups in total. The Kier molecular flexibility index (Phi) is 2.15. The Balaban J connectivity index is 1.92. The molecule has 0 unspecified atom stereocenters. The second kappa shape index (κ2) is 3.87. The third-order valence-electron chi connectivity index (χ3n) is 3.57. The lowest BCUT2D eigenvalue weighted by atomic mass is 10.0. The molecule has 0 aliphatic carbocycles. The summed E-state index contributed by atoms with van der Waals surface area (Å²) >= 11 is 0. The number of para-hydroxylation sites is 1. The normalized spacial score (nSPS) is 13.2. The third-order valence-corrected chi connectivity index (χ3v) is 3.57. The van der Waals surface area contributed by atoms with Gasteiger partial charge in [0.2, 0.25) is 0 Å². The molecule has 0 atom stereocenters. The Bertz CT molecular complexity index is 857. The Labute approximate surface area is 115 Å². The third kappa shape index (κ3) is 1.39. The molecule has 20 heavy (non-hydrogen) atoms. The summed E-state index contributed by atoms with van der Waals surface area (Å²) in [5.74, 6) is 0.683. The average molecular weight is 261 g/mol. The van der Waals surface area contributed by atoms with Crippen LogP contribution in [-0.4, -0.2) is 15.9 Å². The second-order valence-corrected chi connectivity index (χ2v) is 4.84. The molecule has 3 aromatic rings. The number of aryl methyl sites for hydroxylation is 1. The van der Waals surface area contributed by atoms with E-state index < -0.39 is 0 Å². The first-order valence-electron chi connectivity index (χ1n) is 6.41. The summed E-state index contributed by atoms with van der Waals surface area (Å²) < 4.78 is 0.